The fourth-order valence-electron chi connectivity index (χ4n) is 1.91. The number of aliphatic carboxylic acids is 8. The lowest BCUT2D eigenvalue weighted by Gasteiger charge is -2.04. The van der Waals surface area contributed by atoms with Crippen LogP contribution in [0.4, 0.5) is 0 Å². The second-order valence-corrected chi connectivity index (χ2v) is 14.2. The molecular weight excluding hydrogens is 797 g/mol. The summed E-state index contributed by atoms with van der Waals surface area (Å²) in [5.41, 5.74) is 0. The van der Waals surface area contributed by atoms with Gasteiger partial charge in [-0.2, -0.15) is 33.7 Å². The third kappa shape index (κ3) is 28.4. The van der Waals surface area contributed by atoms with Gasteiger partial charge in [-0.15, -0.1) is 0 Å². The molecule has 33 heteroatoms. The SMILES string of the molecule is O=C(O)CC(C(=O)O)S(=O)(=O)O.O=C(O)CC(C(=O)O)S(=O)(=O)O.O=C(O)CC(C(=O)O)S(=O)(=O)O.O=C(O)CC(C(=O)O)S(=O)(=O)O.[SiH4]. The van der Waals surface area contributed by atoms with E-state index in [9.17, 15) is 72.0 Å². The minimum absolute atomic E-state index is 0. The van der Waals surface area contributed by atoms with Crippen molar-refractivity contribution in [2.75, 3.05) is 0 Å². The Kier molecular flexibility index (Phi) is 24.6. The quantitative estimate of drug-likeness (QED) is 0.0509. The van der Waals surface area contributed by atoms with Gasteiger partial charge >= 0.3 is 47.8 Å². The second-order valence-electron chi connectivity index (χ2n) is 7.76. The Morgan fingerprint density at radius 1 is 0.327 bits per heavy atom. The van der Waals surface area contributed by atoms with Gasteiger partial charge in [0.2, 0.25) is 0 Å². The van der Waals surface area contributed by atoms with E-state index in [-0.39, 0.29) is 11.0 Å². The van der Waals surface area contributed by atoms with Crippen molar-refractivity contribution in [2.24, 2.45) is 0 Å². The van der Waals surface area contributed by atoms with Crippen molar-refractivity contribution in [3.63, 3.8) is 0 Å². The number of rotatable bonds is 16. The molecule has 4 unspecified atom stereocenters. The molecule has 0 aliphatic rings. The van der Waals surface area contributed by atoms with Gasteiger partial charge < -0.3 is 40.9 Å². The molecule has 0 amide bonds. The molecule has 0 aliphatic heterocycles. The van der Waals surface area contributed by atoms with E-state index in [2.05, 4.69) is 0 Å². The van der Waals surface area contributed by atoms with Gasteiger partial charge in [-0.1, -0.05) is 0 Å². The monoisotopic (exact) mass is 824 g/mol. The molecule has 0 saturated carbocycles. The Morgan fingerprint density at radius 3 is 0.449 bits per heavy atom. The maximum absolute atomic E-state index is 10.2. The van der Waals surface area contributed by atoms with E-state index in [0.717, 1.165) is 0 Å². The maximum Gasteiger partial charge on any atom is 0.325 e. The van der Waals surface area contributed by atoms with Gasteiger partial charge in [-0.25, -0.2) is 0 Å². The third-order valence-electron chi connectivity index (χ3n) is 3.98. The van der Waals surface area contributed by atoms with E-state index < -0.39 is 135 Å². The minimum Gasteiger partial charge on any atom is -0.481 e. The minimum atomic E-state index is -4.84. The first-order chi connectivity index (χ1) is 21.0. The molecule has 0 radical (unpaired) electrons. The van der Waals surface area contributed by atoms with Gasteiger partial charge in [-0.05, 0) is 11.0 Å². The van der Waals surface area contributed by atoms with Crippen LogP contribution in [0.2, 0.25) is 0 Å². The van der Waals surface area contributed by atoms with E-state index in [0.29, 0.717) is 0 Å². The highest BCUT2D eigenvalue weighted by Gasteiger charge is 2.35. The highest BCUT2D eigenvalue weighted by atomic mass is 32.2. The zero-order valence-electron chi connectivity index (χ0n) is 22.7. The number of hydrogen-bond donors (Lipinski definition) is 12. The molecule has 0 aromatic rings. The second kappa shape index (κ2) is 22.3. The molecule has 12 N–H and O–H groups in total. The molecule has 0 saturated heterocycles. The highest BCUT2D eigenvalue weighted by molar-refractivity contribution is 7.88. The molecule has 0 heterocycles. The van der Waals surface area contributed by atoms with Crippen LogP contribution in [0.5, 0.6) is 0 Å². The lowest BCUT2D eigenvalue weighted by Crippen LogP contribution is -2.31. The van der Waals surface area contributed by atoms with Crippen molar-refractivity contribution in [2.45, 2.75) is 46.7 Å². The molecule has 0 rings (SSSR count). The summed E-state index contributed by atoms with van der Waals surface area (Å²) in [5.74, 6) is -14.0. The van der Waals surface area contributed by atoms with Crippen molar-refractivity contribution < 1.29 is 131 Å². The normalized spacial score (nSPS) is 13.5. The largest absolute Gasteiger partial charge is 0.481 e. The standard InChI is InChI=1S/4C4H6O7S.H4Si/c4*5-3(6)1-2(4(7)8)12(9,10)11;/h4*2H,1H2,(H,5,6)(H,7,8)(H,9,10,11);1H4. The first kappa shape index (κ1) is 54.1. The topological polar surface area (TPSA) is 516 Å². The average molecular weight is 825 g/mol. The molecule has 0 fully saturated rings. The summed E-state index contributed by atoms with van der Waals surface area (Å²) in [6, 6.07) is 0. The van der Waals surface area contributed by atoms with Crippen LogP contribution in [0.1, 0.15) is 25.7 Å². The first-order valence-electron chi connectivity index (χ1n) is 10.6. The summed E-state index contributed by atoms with van der Waals surface area (Å²) in [5, 5.41) is 55.7. The van der Waals surface area contributed by atoms with Crippen LogP contribution in [-0.4, -0.2) is 172 Å². The van der Waals surface area contributed by atoms with Gasteiger partial charge in [0.25, 0.3) is 40.5 Å². The molecule has 49 heavy (non-hydrogen) atoms. The van der Waals surface area contributed by atoms with Gasteiger partial charge in [0.05, 0.1) is 25.7 Å². The molecule has 0 spiro atoms. The molecule has 28 nitrogen and oxygen atoms in total. The first-order valence-corrected chi connectivity index (χ1v) is 16.6. The van der Waals surface area contributed by atoms with E-state index in [4.69, 9.17) is 59.1 Å². The Hall–Kier alpha value is -4.38. The van der Waals surface area contributed by atoms with Crippen LogP contribution in [0.25, 0.3) is 0 Å². The number of carbonyl (C=O) groups is 8. The molecule has 0 bridgehead atoms. The van der Waals surface area contributed by atoms with Crippen LogP contribution in [0.15, 0.2) is 0 Å². The fourth-order valence-corrected chi connectivity index (χ4v) is 4.35. The Morgan fingerprint density at radius 2 is 0.429 bits per heavy atom. The van der Waals surface area contributed by atoms with Gasteiger partial charge in [0.15, 0.2) is 21.0 Å². The van der Waals surface area contributed by atoms with Gasteiger partial charge in [-0.3, -0.25) is 56.6 Å². The summed E-state index contributed by atoms with van der Waals surface area (Å²) >= 11 is 0. The summed E-state index contributed by atoms with van der Waals surface area (Å²) in [4.78, 5) is 80.0. The molecule has 0 aromatic heterocycles. The van der Waals surface area contributed by atoms with E-state index in [1.807, 2.05) is 0 Å². The van der Waals surface area contributed by atoms with Crippen LogP contribution in [0.3, 0.4) is 0 Å². The molecular formula is C16H28O28S4Si. The lowest BCUT2D eigenvalue weighted by atomic mass is 10.3. The van der Waals surface area contributed by atoms with Crippen molar-refractivity contribution in [1.82, 2.24) is 0 Å². The summed E-state index contributed by atoms with van der Waals surface area (Å²) in [7, 11) is -19.4. The summed E-state index contributed by atoms with van der Waals surface area (Å²) in [6.45, 7) is 0. The number of carboxylic acid groups (broad SMARTS) is 8. The van der Waals surface area contributed by atoms with Crippen molar-refractivity contribution in [3.05, 3.63) is 0 Å². The van der Waals surface area contributed by atoms with E-state index >= 15 is 0 Å². The fraction of sp³-hybridized carbons (Fsp3) is 0.500. The summed E-state index contributed by atoms with van der Waals surface area (Å²) in [6.07, 6.45) is -4.63. The Labute approximate surface area is 276 Å². The molecule has 288 valence electrons. The van der Waals surface area contributed by atoms with Crippen LogP contribution in [-0.2, 0) is 78.8 Å². The predicted molar refractivity (Wildman–Crippen MR) is 152 cm³/mol. The van der Waals surface area contributed by atoms with Crippen LogP contribution < -0.4 is 0 Å². The van der Waals surface area contributed by atoms with E-state index in [1.165, 1.54) is 0 Å². The number of hydrogen-bond acceptors (Lipinski definition) is 16. The lowest BCUT2D eigenvalue weighted by molar-refractivity contribution is -0.143. The van der Waals surface area contributed by atoms with Crippen molar-refractivity contribution in [1.29, 1.82) is 0 Å². The van der Waals surface area contributed by atoms with Gasteiger partial charge in [0.1, 0.15) is 0 Å². The smallest absolute Gasteiger partial charge is 0.325 e. The van der Waals surface area contributed by atoms with Crippen molar-refractivity contribution in [3.8, 4) is 0 Å². The maximum atomic E-state index is 10.2. The molecule has 4 atom stereocenters. The van der Waals surface area contributed by atoms with Gasteiger partial charge in [0, 0.05) is 0 Å². The number of carboxylic acids is 8. The third-order valence-corrected chi connectivity index (χ3v) is 8.33. The predicted octanol–water partition coefficient (Wildman–Crippen LogP) is -6.24. The average Bonchev–Trinajstić information content (AvgIpc) is 2.80. The zero-order chi connectivity index (χ0) is 39.8. The Bertz CT molecular complexity index is 1410. The summed E-state index contributed by atoms with van der Waals surface area (Å²) < 4.78 is 115. The molecule has 0 aromatic carbocycles. The van der Waals surface area contributed by atoms with Crippen LogP contribution >= 0.6 is 0 Å². The zero-order valence-corrected chi connectivity index (χ0v) is 25.9. The van der Waals surface area contributed by atoms with Crippen LogP contribution in [0, 0.1) is 0 Å². The highest BCUT2D eigenvalue weighted by Crippen LogP contribution is 2.06. The molecule has 0 aliphatic carbocycles. The van der Waals surface area contributed by atoms with Crippen molar-refractivity contribution >= 4 is 99.2 Å². The Balaban J connectivity index is -0.000000174. The van der Waals surface area contributed by atoms with E-state index in [1.54, 1.807) is 0 Å².